The van der Waals surface area contributed by atoms with Crippen LogP contribution >= 0.6 is 0 Å². The number of terminal acetylenes is 1. The van der Waals surface area contributed by atoms with Crippen molar-refractivity contribution in [1.82, 2.24) is 39.9 Å². The quantitative estimate of drug-likeness (QED) is 0.0593. The van der Waals surface area contributed by atoms with Gasteiger partial charge in [-0.2, -0.15) is 15.2 Å². The monoisotopic (exact) mass is 1070 g/mol. The molecule has 3 amide bonds. The average molecular weight is 1070 g/mol. The number of ether oxygens (including phenoxy) is 1. The second-order valence-corrected chi connectivity index (χ2v) is 20.5. The van der Waals surface area contributed by atoms with Crippen LogP contribution in [0.15, 0.2) is 61.1 Å². The average Bonchev–Trinajstić information content (AvgIpc) is 4.19. The van der Waals surface area contributed by atoms with E-state index in [-0.39, 0.29) is 88.4 Å². The highest BCUT2D eigenvalue weighted by atomic mass is 19.1. The van der Waals surface area contributed by atoms with Gasteiger partial charge in [0.25, 0.3) is 11.8 Å². The summed E-state index contributed by atoms with van der Waals surface area (Å²) < 4.78 is 52.4. The van der Waals surface area contributed by atoms with Crippen molar-refractivity contribution in [2.75, 3.05) is 102 Å². The molecule has 410 valence electrons. The number of carbonyl (C=O) groups excluding carboxylic acids is 4. The maximum absolute atomic E-state index is 17.1. The van der Waals surface area contributed by atoms with Gasteiger partial charge in [-0.1, -0.05) is 31.9 Å². The molecule has 78 heavy (non-hydrogen) atoms. The van der Waals surface area contributed by atoms with Gasteiger partial charge in [-0.15, -0.1) is 6.42 Å². The van der Waals surface area contributed by atoms with Crippen LogP contribution in [0.5, 0.6) is 11.8 Å². The topological polar surface area (TPSA) is 192 Å². The molecule has 17 nitrogen and oxygen atoms in total. The zero-order chi connectivity index (χ0) is 55.7. The number of piperazine rings is 2. The molecule has 4 aliphatic heterocycles. The lowest BCUT2D eigenvalue weighted by Crippen LogP contribution is -2.50. The summed E-state index contributed by atoms with van der Waals surface area (Å²) in [7, 11) is 1.56. The zero-order valence-corrected chi connectivity index (χ0v) is 44.4. The molecule has 0 bridgehead atoms. The predicted molar refractivity (Wildman–Crippen MR) is 291 cm³/mol. The maximum atomic E-state index is 17.1. The fourth-order valence-electron chi connectivity index (χ4n) is 11.0. The molecule has 4 fully saturated rings. The summed E-state index contributed by atoms with van der Waals surface area (Å²) in [6.45, 7) is 15.9. The molecule has 5 aliphatic rings. The molecule has 6 heterocycles. The van der Waals surface area contributed by atoms with Crippen molar-refractivity contribution in [3.8, 4) is 41.4 Å². The van der Waals surface area contributed by atoms with Gasteiger partial charge in [0.2, 0.25) is 6.41 Å². The lowest BCUT2D eigenvalue weighted by atomic mass is 9.95. The Morgan fingerprint density at radius 3 is 2.31 bits per heavy atom. The summed E-state index contributed by atoms with van der Waals surface area (Å²) in [6.07, 6.45) is 14.3. The Kier molecular flexibility index (Phi) is 18.2. The minimum absolute atomic E-state index is 0.0366. The van der Waals surface area contributed by atoms with Crippen molar-refractivity contribution in [3.63, 3.8) is 0 Å². The van der Waals surface area contributed by atoms with Crippen molar-refractivity contribution in [3.05, 3.63) is 89.4 Å². The van der Waals surface area contributed by atoms with Crippen molar-refractivity contribution in [1.29, 1.82) is 5.26 Å². The van der Waals surface area contributed by atoms with E-state index >= 15 is 8.78 Å². The van der Waals surface area contributed by atoms with E-state index in [0.29, 0.717) is 48.7 Å². The molecule has 1 aliphatic carbocycles. The van der Waals surface area contributed by atoms with Gasteiger partial charge in [0.05, 0.1) is 29.7 Å². The largest absolute Gasteiger partial charge is 0.508 e. The molecule has 3 saturated heterocycles. The third kappa shape index (κ3) is 12.5. The van der Waals surface area contributed by atoms with E-state index in [1.807, 2.05) is 17.9 Å². The first-order valence-corrected chi connectivity index (χ1v) is 26.5. The van der Waals surface area contributed by atoms with Crippen molar-refractivity contribution in [2.45, 2.75) is 65.0 Å². The van der Waals surface area contributed by atoms with Crippen molar-refractivity contribution >= 4 is 57.7 Å². The number of phenols is 1. The highest BCUT2D eigenvalue weighted by Crippen LogP contribution is 2.47. The Morgan fingerprint density at radius 2 is 1.68 bits per heavy atom. The third-order valence-corrected chi connectivity index (χ3v) is 15.4. The van der Waals surface area contributed by atoms with Gasteiger partial charge in [-0.3, -0.25) is 19.4 Å². The van der Waals surface area contributed by atoms with Crippen LogP contribution < -0.4 is 19.9 Å². The summed E-state index contributed by atoms with van der Waals surface area (Å²) in [5.41, 5.74) is 2.42. The molecule has 0 radical (unpaired) electrons. The zero-order valence-electron chi connectivity index (χ0n) is 44.4. The molecule has 1 saturated carbocycles. The SMILES string of the molecule is C#Cc1c(F)ccc2cc(O)cc(-c3ncc4c(N5CCN(C(=O)C(=C)F)CC5)nc(OCC5(CN6CCN(CC7CCN(c8ccc9c(c8)CN(C(C=O)CCC)C9=O)CC7)CC6)CC5)nc4c3F)c12.CC#N.CNC=O. The smallest absolute Gasteiger partial charge is 0.319 e. The van der Waals surface area contributed by atoms with E-state index < -0.39 is 23.4 Å². The number of nitrogens with zero attached hydrogens (tertiary/aromatic N) is 10. The number of pyridine rings is 1. The number of carbonyl (C=O) groups is 4. The van der Waals surface area contributed by atoms with E-state index in [4.69, 9.17) is 26.2 Å². The van der Waals surface area contributed by atoms with E-state index in [1.165, 1.54) is 42.3 Å². The number of benzene rings is 3. The number of aldehydes is 1. The van der Waals surface area contributed by atoms with Gasteiger partial charge in [0.15, 0.2) is 11.6 Å². The number of anilines is 2. The summed E-state index contributed by atoms with van der Waals surface area (Å²) in [6, 6.07) is 12.8. The Bertz CT molecular complexity index is 3140. The number of aromatic nitrogens is 3. The number of halogens is 3. The molecule has 10 rings (SSSR count). The van der Waals surface area contributed by atoms with Crippen LogP contribution in [0, 0.1) is 46.6 Å². The van der Waals surface area contributed by atoms with E-state index in [2.05, 4.69) is 54.6 Å². The maximum Gasteiger partial charge on any atom is 0.319 e. The first kappa shape index (κ1) is 56.4. The normalized spacial score (nSPS) is 17.7. The lowest BCUT2D eigenvalue weighted by Gasteiger charge is -2.40. The molecule has 0 spiro atoms. The van der Waals surface area contributed by atoms with Crippen molar-refractivity contribution < 1.29 is 42.2 Å². The van der Waals surface area contributed by atoms with Gasteiger partial charge < -0.3 is 49.4 Å². The van der Waals surface area contributed by atoms with Gasteiger partial charge in [0, 0.05) is 133 Å². The first-order valence-electron chi connectivity index (χ1n) is 26.5. The Balaban J connectivity index is 0.00000109. The molecule has 2 aromatic heterocycles. The Hall–Kier alpha value is -7.81. The van der Waals surface area contributed by atoms with E-state index in [0.717, 1.165) is 102 Å². The number of fused-ring (bicyclic) bond motifs is 3. The standard InChI is InChI=1S/C54H58F3N9O5.C2H5NO.C2H3N/c1-4-6-39(31-67)66-30-37-25-38(8-9-42(37)52(66)70)63-15-11-35(12-16-63)29-61-17-19-62(20-18-61)32-54(13-14-54)33-71-53-59-49-44(50(60-53)64-21-23-65(24-22-64)51(69)34(3)55)28-58-48(47(49)57)43-27-40(68)26-36-7-10-45(56)41(5-2)46(36)43;1-3-2-4;1-2-3/h2,7-10,25-28,31,35,39,68H,3-4,6,11-24,29-30,32-33H2,1H3;2H,1H3,(H,3,4);1H3. The molecule has 20 heteroatoms. The number of nitrogens with one attached hydrogen (secondary N) is 1. The van der Waals surface area contributed by atoms with Gasteiger partial charge in [0.1, 0.15) is 34.9 Å². The van der Waals surface area contributed by atoms with E-state index in [9.17, 15) is 23.9 Å². The lowest BCUT2D eigenvalue weighted by molar-refractivity contribution is -0.129. The van der Waals surface area contributed by atoms with Crippen molar-refractivity contribution in [2.24, 2.45) is 11.3 Å². The number of aromatic hydroxyl groups is 1. The molecular weight excluding hydrogens is 1000 g/mol. The first-order chi connectivity index (χ1) is 37.7. The highest BCUT2D eigenvalue weighted by molar-refractivity contribution is 6.03. The highest BCUT2D eigenvalue weighted by Gasteiger charge is 2.45. The third-order valence-electron chi connectivity index (χ3n) is 15.4. The van der Waals surface area contributed by atoms with Crippen LogP contribution in [0.1, 0.15) is 73.9 Å². The number of hydrogen-bond acceptors (Lipinski definition) is 14. The van der Waals surface area contributed by atoms with Crippen LogP contribution in [0.25, 0.3) is 32.9 Å². The summed E-state index contributed by atoms with van der Waals surface area (Å²) in [5, 5.41) is 21.1. The molecule has 3 aromatic carbocycles. The number of nitriles is 1. The van der Waals surface area contributed by atoms with Crippen LogP contribution in [-0.4, -0.2) is 162 Å². The second-order valence-electron chi connectivity index (χ2n) is 20.5. The Morgan fingerprint density at radius 1 is 0.987 bits per heavy atom. The van der Waals surface area contributed by atoms with Gasteiger partial charge in [-0.25, -0.2) is 13.2 Å². The molecule has 2 N–H and O–H groups in total. The van der Waals surface area contributed by atoms with Crippen LogP contribution in [0.2, 0.25) is 0 Å². The fourth-order valence-corrected chi connectivity index (χ4v) is 11.0. The number of rotatable bonds is 16. The van der Waals surface area contributed by atoms with E-state index in [1.54, 1.807) is 18.0 Å². The molecule has 1 atom stereocenters. The number of phenolic OH excluding ortho intramolecular Hbond substituents is 1. The summed E-state index contributed by atoms with van der Waals surface area (Å²) >= 11 is 0. The molecular formula is C58H66F3N11O6. The summed E-state index contributed by atoms with van der Waals surface area (Å²) in [4.78, 5) is 72.7. The molecule has 1 unspecified atom stereocenters. The van der Waals surface area contributed by atoms with Crippen LogP contribution in [0.4, 0.5) is 24.7 Å². The Labute approximate surface area is 452 Å². The fraction of sp³-hybridized carbons (Fsp3) is 0.448. The van der Waals surface area contributed by atoms with Gasteiger partial charge in [-0.05, 0) is 85.4 Å². The number of amides is 3. The summed E-state index contributed by atoms with van der Waals surface area (Å²) in [5.74, 6) is -0.284. The van der Waals surface area contributed by atoms with Crippen LogP contribution in [0.3, 0.4) is 0 Å². The number of hydrogen-bond donors (Lipinski definition) is 2. The number of piperidine rings is 1. The predicted octanol–water partition coefficient (Wildman–Crippen LogP) is 6.85. The van der Waals surface area contributed by atoms with Crippen LogP contribution in [-0.2, 0) is 20.9 Å². The van der Waals surface area contributed by atoms with Gasteiger partial charge >= 0.3 is 6.01 Å². The minimum atomic E-state index is -1.05. The second kappa shape index (κ2) is 25.1. The molecule has 5 aromatic rings. The minimum Gasteiger partial charge on any atom is -0.508 e.